The van der Waals surface area contributed by atoms with Crippen LogP contribution in [0.3, 0.4) is 0 Å². The van der Waals surface area contributed by atoms with Gasteiger partial charge in [0.1, 0.15) is 11.9 Å². The normalized spacial score (nSPS) is 25.5. The zero-order valence-electron chi connectivity index (χ0n) is 10.5. The minimum Gasteiger partial charge on any atom is -0.486 e. The molecule has 0 aromatic heterocycles. The maximum absolute atomic E-state index is 10.3. The number of thioether (sulfide) groups is 1. The smallest absolute Gasteiger partial charge is 0.134 e. The Morgan fingerprint density at radius 1 is 1.28 bits per heavy atom. The van der Waals surface area contributed by atoms with Crippen molar-refractivity contribution in [1.82, 2.24) is 0 Å². The van der Waals surface area contributed by atoms with E-state index < -0.39 is 0 Å². The van der Waals surface area contributed by atoms with E-state index in [1.54, 1.807) is 11.8 Å². The van der Waals surface area contributed by atoms with Crippen LogP contribution in [0, 0.1) is 5.92 Å². The number of hydrogen-bond acceptors (Lipinski definition) is 3. The SMILES string of the molecule is OC(CC1CCCC1)C1CSc2ccccc2O1. The highest BCUT2D eigenvalue weighted by Gasteiger charge is 2.29. The number of aliphatic hydroxyl groups excluding tert-OH is 1. The first-order valence-electron chi connectivity index (χ1n) is 6.89. The quantitative estimate of drug-likeness (QED) is 0.906. The molecular weight excluding hydrogens is 244 g/mol. The van der Waals surface area contributed by atoms with Crippen molar-refractivity contribution in [3.63, 3.8) is 0 Å². The first-order chi connectivity index (χ1) is 8.83. The van der Waals surface area contributed by atoms with E-state index in [2.05, 4.69) is 6.07 Å². The third-order valence-corrected chi connectivity index (χ3v) is 5.15. The van der Waals surface area contributed by atoms with Crippen molar-refractivity contribution in [2.75, 3.05) is 5.75 Å². The van der Waals surface area contributed by atoms with Crippen molar-refractivity contribution in [2.45, 2.75) is 49.2 Å². The predicted molar refractivity (Wildman–Crippen MR) is 74.2 cm³/mol. The fourth-order valence-electron chi connectivity index (χ4n) is 2.96. The van der Waals surface area contributed by atoms with Gasteiger partial charge in [0.25, 0.3) is 0 Å². The standard InChI is InChI=1S/C15H20O2S/c16-12(9-11-5-1-2-6-11)14-10-18-15-8-4-3-7-13(15)17-14/h3-4,7-8,11-12,14,16H,1-2,5-6,9-10H2. The van der Waals surface area contributed by atoms with Gasteiger partial charge in [0.2, 0.25) is 0 Å². The number of para-hydroxylation sites is 1. The third-order valence-electron chi connectivity index (χ3n) is 4.01. The molecule has 2 atom stereocenters. The molecule has 1 aliphatic heterocycles. The van der Waals surface area contributed by atoms with Gasteiger partial charge >= 0.3 is 0 Å². The minimum absolute atomic E-state index is 0.0366. The van der Waals surface area contributed by atoms with Gasteiger partial charge in [-0.05, 0) is 24.5 Å². The van der Waals surface area contributed by atoms with Gasteiger partial charge in [0.05, 0.1) is 6.10 Å². The molecule has 0 saturated heterocycles. The Balaban J connectivity index is 1.60. The fraction of sp³-hybridized carbons (Fsp3) is 0.600. The molecule has 2 aliphatic rings. The summed E-state index contributed by atoms with van der Waals surface area (Å²) in [6, 6.07) is 8.10. The highest BCUT2D eigenvalue weighted by molar-refractivity contribution is 7.99. The lowest BCUT2D eigenvalue weighted by Crippen LogP contribution is -2.37. The minimum atomic E-state index is -0.311. The molecule has 2 nitrogen and oxygen atoms in total. The predicted octanol–water partition coefficient (Wildman–Crippen LogP) is 3.48. The molecule has 2 unspecified atom stereocenters. The van der Waals surface area contributed by atoms with Crippen LogP contribution < -0.4 is 4.74 Å². The number of fused-ring (bicyclic) bond motifs is 1. The summed E-state index contributed by atoms with van der Waals surface area (Å²) in [5.74, 6) is 2.51. The monoisotopic (exact) mass is 264 g/mol. The van der Waals surface area contributed by atoms with Gasteiger partial charge in [0.15, 0.2) is 0 Å². The molecule has 1 fully saturated rings. The van der Waals surface area contributed by atoms with E-state index in [9.17, 15) is 5.11 Å². The molecule has 1 saturated carbocycles. The van der Waals surface area contributed by atoms with Crippen LogP contribution in [-0.2, 0) is 0 Å². The third kappa shape index (κ3) is 2.67. The largest absolute Gasteiger partial charge is 0.486 e. The number of benzene rings is 1. The molecule has 1 aromatic rings. The first kappa shape index (κ1) is 12.4. The summed E-state index contributed by atoms with van der Waals surface area (Å²) in [5, 5.41) is 10.3. The summed E-state index contributed by atoms with van der Waals surface area (Å²) in [4.78, 5) is 1.20. The zero-order chi connectivity index (χ0) is 12.4. The Morgan fingerprint density at radius 2 is 2.06 bits per heavy atom. The number of ether oxygens (including phenoxy) is 1. The molecule has 98 valence electrons. The molecule has 18 heavy (non-hydrogen) atoms. The molecule has 0 radical (unpaired) electrons. The first-order valence-corrected chi connectivity index (χ1v) is 7.88. The van der Waals surface area contributed by atoms with Crippen LogP contribution in [-0.4, -0.2) is 23.1 Å². The highest BCUT2D eigenvalue weighted by atomic mass is 32.2. The average Bonchev–Trinajstić information content (AvgIpc) is 2.91. The fourth-order valence-corrected chi connectivity index (χ4v) is 4.03. The maximum atomic E-state index is 10.3. The Bertz CT molecular complexity index is 401. The van der Waals surface area contributed by atoms with E-state index in [1.165, 1.54) is 30.6 Å². The van der Waals surface area contributed by atoms with Crippen LogP contribution in [0.1, 0.15) is 32.1 Å². The summed E-state index contributed by atoms with van der Waals surface area (Å²) in [7, 11) is 0. The second-order valence-corrected chi connectivity index (χ2v) is 6.43. The Labute approximate surface area is 113 Å². The lowest BCUT2D eigenvalue weighted by atomic mass is 9.97. The molecule has 3 rings (SSSR count). The number of aliphatic hydroxyl groups is 1. The van der Waals surface area contributed by atoms with Gasteiger partial charge in [-0.15, -0.1) is 11.8 Å². The lowest BCUT2D eigenvalue weighted by Gasteiger charge is -2.30. The van der Waals surface area contributed by atoms with Crippen molar-refractivity contribution in [3.8, 4) is 5.75 Å². The molecule has 0 amide bonds. The molecule has 1 aromatic carbocycles. The molecule has 0 spiro atoms. The van der Waals surface area contributed by atoms with Gasteiger partial charge in [-0.25, -0.2) is 0 Å². The van der Waals surface area contributed by atoms with Gasteiger partial charge in [-0.1, -0.05) is 37.8 Å². The number of hydrogen-bond donors (Lipinski definition) is 1. The van der Waals surface area contributed by atoms with E-state index in [4.69, 9.17) is 4.74 Å². The number of rotatable bonds is 3. The van der Waals surface area contributed by atoms with E-state index in [-0.39, 0.29) is 12.2 Å². The molecule has 1 N–H and O–H groups in total. The molecule has 0 bridgehead atoms. The van der Waals surface area contributed by atoms with Gasteiger partial charge in [-0.2, -0.15) is 0 Å². The Morgan fingerprint density at radius 3 is 2.89 bits per heavy atom. The summed E-state index contributed by atoms with van der Waals surface area (Å²) in [6.45, 7) is 0. The van der Waals surface area contributed by atoms with E-state index in [1.807, 2.05) is 18.2 Å². The Kier molecular flexibility index (Phi) is 3.80. The second-order valence-electron chi connectivity index (χ2n) is 5.37. The van der Waals surface area contributed by atoms with Gasteiger partial charge < -0.3 is 9.84 Å². The summed E-state index contributed by atoms with van der Waals surface area (Å²) >= 11 is 1.80. The maximum Gasteiger partial charge on any atom is 0.134 e. The van der Waals surface area contributed by atoms with E-state index in [0.717, 1.165) is 17.9 Å². The van der Waals surface area contributed by atoms with Crippen molar-refractivity contribution < 1.29 is 9.84 Å². The summed E-state index contributed by atoms with van der Waals surface area (Å²) in [5.41, 5.74) is 0. The zero-order valence-corrected chi connectivity index (χ0v) is 11.4. The molecule has 1 aliphatic carbocycles. The van der Waals surface area contributed by atoms with Crippen LogP contribution in [0.4, 0.5) is 0 Å². The molecule has 1 heterocycles. The summed E-state index contributed by atoms with van der Waals surface area (Å²) in [6.07, 6.45) is 5.80. The van der Waals surface area contributed by atoms with Crippen LogP contribution in [0.25, 0.3) is 0 Å². The van der Waals surface area contributed by atoms with E-state index in [0.29, 0.717) is 5.92 Å². The second kappa shape index (κ2) is 5.54. The van der Waals surface area contributed by atoms with Crippen molar-refractivity contribution >= 4 is 11.8 Å². The van der Waals surface area contributed by atoms with Crippen LogP contribution in [0.5, 0.6) is 5.75 Å². The lowest BCUT2D eigenvalue weighted by molar-refractivity contribution is 0.0302. The van der Waals surface area contributed by atoms with Crippen LogP contribution in [0.15, 0.2) is 29.2 Å². The van der Waals surface area contributed by atoms with Gasteiger partial charge in [0, 0.05) is 10.6 Å². The average molecular weight is 264 g/mol. The molecular formula is C15H20O2S. The van der Waals surface area contributed by atoms with Crippen molar-refractivity contribution in [2.24, 2.45) is 5.92 Å². The van der Waals surface area contributed by atoms with Crippen LogP contribution >= 0.6 is 11.8 Å². The van der Waals surface area contributed by atoms with Crippen LogP contribution in [0.2, 0.25) is 0 Å². The Hall–Kier alpha value is -0.670. The van der Waals surface area contributed by atoms with E-state index >= 15 is 0 Å². The van der Waals surface area contributed by atoms with Crippen molar-refractivity contribution in [3.05, 3.63) is 24.3 Å². The van der Waals surface area contributed by atoms with Gasteiger partial charge in [-0.3, -0.25) is 0 Å². The summed E-state index contributed by atoms with van der Waals surface area (Å²) < 4.78 is 5.93. The topological polar surface area (TPSA) is 29.5 Å². The van der Waals surface area contributed by atoms with Crippen molar-refractivity contribution in [1.29, 1.82) is 0 Å². The molecule has 3 heteroatoms. The highest BCUT2D eigenvalue weighted by Crippen LogP contribution is 2.37.